The zero-order valence-electron chi connectivity index (χ0n) is 7.69. The van der Waals surface area contributed by atoms with Crippen molar-refractivity contribution in [1.29, 1.82) is 0 Å². The van der Waals surface area contributed by atoms with Crippen LogP contribution >= 0.6 is 0 Å². The molecular weight excluding hydrogens is 202 g/mol. The Bertz CT molecular complexity index is 451. The number of hydrogen-bond acceptors (Lipinski definition) is 3. The molecule has 0 saturated carbocycles. The van der Waals surface area contributed by atoms with Crippen LogP contribution in [0.2, 0.25) is 0 Å². The molecule has 76 valence electrons. The molecular formula is C9H11NO3S. The molecule has 1 aromatic carbocycles. The zero-order valence-corrected chi connectivity index (χ0v) is 8.50. The number of aryl methyl sites for hydroxylation is 1. The van der Waals surface area contributed by atoms with Gasteiger partial charge in [0.25, 0.3) is 10.0 Å². The van der Waals surface area contributed by atoms with Crippen molar-refractivity contribution in [2.24, 2.45) is 0 Å². The van der Waals surface area contributed by atoms with Crippen LogP contribution in [0.5, 0.6) is 5.75 Å². The lowest BCUT2D eigenvalue weighted by atomic mass is 10.2. The van der Waals surface area contributed by atoms with Crippen LogP contribution in [0.25, 0.3) is 0 Å². The van der Waals surface area contributed by atoms with Crippen LogP contribution in [0, 0.1) is 6.92 Å². The first-order valence-corrected chi connectivity index (χ1v) is 5.44. The Hall–Kier alpha value is -1.49. The van der Waals surface area contributed by atoms with Crippen molar-refractivity contribution in [2.75, 3.05) is 4.72 Å². The Balaban J connectivity index is 3.05. The Morgan fingerprint density at radius 1 is 1.50 bits per heavy atom. The van der Waals surface area contributed by atoms with E-state index in [4.69, 9.17) is 0 Å². The number of nitrogens with one attached hydrogen (secondary N) is 1. The molecule has 0 aliphatic rings. The van der Waals surface area contributed by atoms with E-state index in [0.29, 0.717) is 0 Å². The van der Waals surface area contributed by atoms with Gasteiger partial charge in [0.1, 0.15) is 5.75 Å². The summed E-state index contributed by atoms with van der Waals surface area (Å²) in [6.45, 7) is 4.94. The molecule has 1 aromatic rings. The molecule has 0 aromatic heterocycles. The highest BCUT2D eigenvalue weighted by atomic mass is 32.2. The van der Waals surface area contributed by atoms with E-state index in [1.807, 2.05) is 0 Å². The van der Waals surface area contributed by atoms with Crippen LogP contribution in [0.4, 0.5) is 5.69 Å². The number of anilines is 1. The molecule has 1 rings (SSSR count). The normalized spacial score (nSPS) is 10.9. The highest BCUT2D eigenvalue weighted by Gasteiger charge is 2.07. The maximum Gasteiger partial charge on any atom is 0.254 e. The summed E-state index contributed by atoms with van der Waals surface area (Å²) in [5.74, 6) is -0.101. The Kier molecular flexibility index (Phi) is 2.81. The van der Waals surface area contributed by atoms with Gasteiger partial charge in [0, 0.05) is 5.41 Å². The fourth-order valence-corrected chi connectivity index (χ4v) is 1.49. The lowest BCUT2D eigenvalue weighted by Crippen LogP contribution is -2.08. The monoisotopic (exact) mass is 213 g/mol. The third-order valence-corrected chi connectivity index (χ3v) is 2.57. The predicted octanol–water partition coefficient (Wildman–Crippen LogP) is 1.59. The van der Waals surface area contributed by atoms with E-state index >= 15 is 0 Å². The maximum atomic E-state index is 11.1. The van der Waals surface area contributed by atoms with Gasteiger partial charge < -0.3 is 5.11 Å². The van der Waals surface area contributed by atoms with Crippen molar-refractivity contribution in [2.45, 2.75) is 6.92 Å². The summed E-state index contributed by atoms with van der Waals surface area (Å²) in [6, 6.07) is 4.66. The number of hydrogen-bond donors (Lipinski definition) is 2. The number of sulfonamides is 1. The molecule has 0 saturated heterocycles. The molecule has 0 unspecified atom stereocenters. The number of phenolic OH excluding ortho intramolecular Hbond substituents is 1. The van der Waals surface area contributed by atoms with E-state index in [9.17, 15) is 13.5 Å². The summed E-state index contributed by atoms with van der Waals surface area (Å²) < 4.78 is 24.3. The minimum absolute atomic E-state index is 0.101. The van der Waals surface area contributed by atoms with Crippen LogP contribution in [0.3, 0.4) is 0 Å². The van der Waals surface area contributed by atoms with Gasteiger partial charge in [-0.05, 0) is 24.6 Å². The number of benzene rings is 1. The molecule has 5 heteroatoms. The predicted molar refractivity (Wildman–Crippen MR) is 55.6 cm³/mol. The molecule has 0 amide bonds. The standard InChI is InChI=1S/C9H11NO3S/c1-3-14(12,13)10-8-5-4-7(2)6-9(8)11/h3-6,10-11H,1H2,2H3. The summed E-state index contributed by atoms with van der Waals surface area (Å²) in [5, 5.41) is 10.2. The second-order valence-electron chi connectivity index (χ2n) is 2.83. The van der Waals surface area contributed by atoms with Crippen LogP contribution in [0.15, 0.2) is 30.2 Å². The molecule has 0 bridgehead atoms. The largest absolute Gasteiger partial charge is 0.506 e. The first-order chi connectivity index (χ1) is 6.44. The molecule has 0 fully saturated rings. The number of phenols is 1. The summed E-state index contributed by atoms with van der Waals surface area (Å²) in [6.07, 6.45) is 0. The highest BCUT2D eigenvalue weighted by molar-refractivity contribution is 7.95. The highest BCUT2D eigenvalue weighted by Crippen LogP contribution is 2.24. The molecule has 0 aliphatic carbocycles. The minimum Gasteiger partial charge on any atom is -0.506 e. The molecule has 0 atom stereocenters. The quantitative estimate of drug-likeness (QED) is 0.749. The summed E-state index contributed by atoms with van der Waals surface area (Å²) in [4.78, 5) is 0. The van der Waals surface area contributed by atoms with E-state index in [1.54, 1.807) is 13.0 Å². The Morgan fingerprint density at radius 2 is 2.14 bits per heavy atom. The van der Waals surface area contributed by atoms with E-state index in [2.05, 4.69) is 11.3 Å². The third kappa shape index (κ3) is 2.50. The molecule has 0 spiro atoms. The van der Waals surface area contributed by atoms with Crippen LogP contribution in [-0.4, -0.2) is 13.5 Å². The third-order valence-electron chi connectivity index (χ3n) is 1.62. The summed E-state index contributed by atoms with van der Waals surface area (Å²) in [7, 11) is -3.55. The number of rotatable bonds is 3. The first-order valence-electron chi connectivity index (χ1n) is 3.89. The molecule has 0 aliphatic heterocycles. The first kappa shape index (κ1) is 10.6. The van der Waals surface area contributed by atoms with Gasteiger partial charge in [-0.2, -0.15) is 0 Å². The van der Waals surface area contributed by atoms with Crippen LogP contribution in [0.1, 0.15) is 5.56 Å². The lowest BCUT2D eigenvalue weighted by molar-refractivity contribution is 0.477. The molecule has 2 N–H and O–H groups in total. The van der Waals surface area contributed by atoms with E-state index < -0.39 is 10.0 Å². The topological polar surface area (TPSA) is 66.4 Å². The van der Waals surface area contributed by atoms with Crippen molar-refractivity contribution in [3.8, 4) is 5.75 Å². The van der Waals surface area contributed by atoms with Crippen molar-refractivity contribution >= 4 is 15.7 Å². The Morgan fingerprint density at radius 3 is 2.64 bits per heavy atom. The van der Waals surface area contributed by atoms with E-state index in [0.717, 1.165) is 11.0 Å². The minimum atomic E-state index is -3.55. The molecule has 0 radical (unpaired) electrons. The van der Waals surface area contributed by atoms with Gasteiger partial charge in [-0.1, -0.05) is 12.6 Å². The van der Waals surface area contributed by atoms with Crippen LogP contribution < -0.4 is 4.72 Å². The van der Waals surface area contributed by atoms with Gasteiger partial charge in [-0.3, -0.25) is 4.72 Å². The summed E-state index contributed by atoms with van der Waals surface area (Å²) in [5.41, 5.74) is 1.000. The lowest BCUT2D eigenvalue weighted by Gasteiger charge is -2.06. The molecule has 14 heavy (non-hydrogen) atoms. The molecule has 0 heterocycles. The Labute approximate surface area is 82.9 Å². The fraction of sp³-hybridized carbons (Fsp3) is 0.111. The van der Waals surface area contributed by atoms with Gasteiger partial charge in [0.05, 0.1) is 5.69 Å². The molecule has 4 nitrogen and oxygen atoms in total. The second-order valence-corrected chi connectivity index (χ2v) is 4.46. The zero-order chi connectivity index (χ0) is 10.8. The van der Waals surface area contributed by atoms with Gasteiger partial charge in [0.2, 0.25) is 0 Å². The van der Waals surface area contributed by atoms with Gasteiger partial charge in [0.15, 0.2) is 0 Å². The van der Waals surface area contributed by atoms with E-state index in [-0.39, 0.29) is 11.4 Å². The van der Waals surface area contributed by atoms with Gasteiger partial charge >= 0.3 is 0 Å². The smallest absolute Gasteiger partial charge is 0.254 e. The second kappa shape index (κ2) is 3.71. The summed E-state index contributed by atoms with van der Waals surface area (Å²) >= 11 is 0. The SMILES string of the molecule is C=CS(=O)(=O)Nc1ccc(C)cc1O. The fourth-order valence-electron chi connectivity index (χ4n) is 0.923. The van der Waals surface area contributed by atoms with Crippen molar-refractivity contribution in [3.05, 3.63) is 35.7 Å². The maximum absolute atomic E-state index is 11.1. The average Bonchev–Trinajstić information content (AvgIpc) is 2.10. The van der Waals surface area contributed by atoms with Crippen molar-refractivity contribution in [3.63, 3.8) is 0 Å². The number of aromatic hydroxyl groups is 1. The van der Waals surface area contributed by atoms with Gasteiger partial charge in [-0.15, -0.1) is 0 Å². The average molecular weight is 213 g/mol. The van der Waals surface area contributed by atoms with Crippen molar-refractivity contribution in [1.82, 2.24) is 0 Å². The van der Waals surface area contributed by atoms with Gasteiger partial charge in [-0.25, -0.2) is 8.42 Å². The van der Waals surface area contributed by atoms with Crippen molar-refractivity contribution < 1.29 is 13.5 Å². The van der Waals surface area contributed by atoms with Crippen LogP contribution in [-0.2, 0) is 10.0 Å². The van der Waals surface area contributed by atoms with E-state index in [1.165, 1.54) is 12.1 Å².